The van der Waals surface area contributed by atoms with Gasteiger partial charge in [0, 0.05) is 47.6 Å². The lowest BCUT2D eigenvalue weighted by atomic mass is 10.1. The minimum Gasteiger partial charge on any atom is -0.349 e. The van der Waals surface area contributed by atoms with Crippen molar-refractivity contribution >= 4 is 21.4 Å². The van der Waals surface area contributed by atoms with E-state index in [0.717, 1.165) is 30.2 Å². The second kappa shape index (κ2) is 7.28. The van der Waals surface area contributed by atoms with Crippen molar-refractivity contribution in [1.82, 2.24) is 24.7 Å². The lowest BCUT2D eigenvalue weighted by Gasteiger charge is -2.09. The van der Waals surface area contributed by atoms with Crippen LogP contribution < -0.4 is 5.32 Å². The van der Waals surface area contributed by atoms with Gasteiger partial charge in [0.15, 0.2) is 20.5 Å². The molecular weight excluding hydrogens is 414 g/mol. The number of pyridine rings is 1. The molecule has 1 amide bonds. The van der Waals surface area contributed by atoms with E-state index in [-0.39, 0.29) is 16.6 Å². The van der Waals surface area contributed by atoms with E-state index in [1.165, 1.54) is 0 Å². The maximum absolute atomic E-state index is 12.4. The fourth-order valence-corrected chi connectivity index (χ4v) is 4.12. The number of hydrogen-bond acceptors (Lipinski definition) is 6. The summed E-state index contributed by atoms with van der Waals surface area (Å²) >= 11 is 0. The highest BCUT2D eigenvalue weighted by molar-refractivity contribution is 7.90. The molecule has 1 aliphatic carbocycles. The van der Waals surface area contributed by atoms with Gasteiger partial charge in [0.2, 0.25) is 0 Å². The number of carbonyl (C=O) groups excluding carboxylic acids is 1. The summed E-state index contributed by atoms with van der Waals surface area (Å²) in [4.78, 5) is 25.0. The number of nitrogens with one attached hydrogen (secondary N) is 1. The van der Waals surface area contributed by atoms with Gasteiger partial charge in [-0.05, 0) is 37.1 Å². The third kappa shape index (κ3) is 3.79. The number of sulfone groups is 1. The van der Waals surface area contributed by atoms with Gasteiger partial charge in [-0.2, -0.15) is 0 Å². The molecule has 156 valence electrons. The Morgan fingerprint density at radius 3 is 2.42 bits per heavy atom. The standard InChI is InChI=1S/C22H19N5O3S/c1-31(29,30)22-20-24-12-19(27(20)13-18(26-22)14-8-10-23-11-9-14)15-2-4-16(5-3-15)21(28)25-17-6-7-17/h2-5,8-13,17H,6-7H2,1H3,(H,25,28). The number of rotatable bonds is 5. The van der Waals surface area contributed by atoms with E-state index in [4.69, 9.17) is 0 Å². The molecule has 1 saturated carbocycles. The minimum absolute atomic E-state index is 0.0873. The van der Waals surface area contributed by atoms with E-state index < -0.39 is 9.84 Å². The Hall–Kier alpha value is -3.59. The summed E-state index contributed by atoms with van der Waals surface area (Å²) in [6.45, 7) is 0. The Balaban J connectivity index is 1.62. The van der Waals surface area contributed by atoms with Crippen molar-refractivity contribution in [2.45, 2.75) is 23.9 Å². The SMILES string of the molecule is CS(=O)(=O)c1nc(-c2ccncc2)cn2c(-c3ccc(C(=O)NC4CC4)cc3)cnc12. The summed E-state index contributed by atoms with van der Waals surface area (Å²) in [6.07, 6.45) is 9.80. The molecule has 1 N–H and O–H groups in total. The second-order valence-corrected chi connectivity index (χ2v) is 9.53. The Kier molecular flexibility index (Phi) is 4.55. The van der Waals surface area contributed by atoms with Crippen LogP contribution in [0.15, 0.2) is 66.2 Å². The molecule has 0 unspecified atom stereocenters. The lowest BCUT2D eigenvalue weighted by molar-refractivity contribution is 0.0951. The normalized spacial score (nSPS) is 14.0. The van der Waals surface area contributed by atoms with Crippen LogP contribution in [0.1, 0.15) is 23.2 Å². The molecule has 0 saturated heterocycles. The summed E-state index contributed by atoms with van der Waals surface area (Å²) < 4.78 is 26.6. The predicted molar refractivity (Wildman–Crippen MR) is 115 cm³/mol. The van der Waals surface area contributed by atoms with Gasteiger partial charge in [0.25, 0.3) is 5.91 Å². The maximum atomic E-state index is 12.4. The highest BCUT2D eigenvalue weighted by Crippen LogP contribution is 2.27. The number of aromatic nitrogens is 4. The van der Waals surface area contributed by atoms with Crippen molar-refractivity contribution < 1.29 is 13.2 Å². The Morgan fingerprint density at radius 1 is 1.06 bits per heavy atom. The summed E-state index contributed by atoms with van der Waals surface area (Å²) in [7, 11) is -3.62. The zero-order valence-corrected chi connectivity index (χ0v) is 17.5. The zero-order valence-electron chi connectivity index (χ0n) is 16.7. The number of carbonyl (C=O) groups is 1. The van der Waals surface area contributed by atoms with Gasteiger partial charge in [-0.15, -0.1) is 0 Å². The van der Waals surface area contributed by atoms with Crippen molar-refractivity contribution in [3.05, 3.63) is 66.7 Å². The fraction of sp³-hybridized carbons (Fsp3) is 0.182. The van der Waals surface area contributed by atoms with E-state index in [0.29, 0.717) is 23.0 Å². The van der Waals surface area contributed by atoms with Gasteiger partial charge in [0.05, 0.1) is 17.6 Å². The molecule has 0 radical (unpaired) electrons. The van der Waals surface area contributed by atoms with Gasteiger partial charge in [-0.3, -0.25) is 14.2 Å². The number of hydrogen-bond donors (Lipinski definition) is 1. The van der Waals surface area contributed by atoms with Crippen LogP contribution in [0.3, 0.4) is 0 Å². The monoisotopic (exact) mass is 433 g/mol. The molecule has 0 atom stereocenters. The average molecular weight is 433 g/mol. The Bertz CT molecular complexity index is 1390. The van der Waals surface area contributed by atoms with Crippen LogP contribution in [0.4, 0.5) is 0 Å². The zero-order chi connectivity index (χ0) is 21.6. The van der Waals surface area contributed by atoms with Crippen LogP contribution in [0.25, 0.3) is 28.2 Å². The maximum Gasteiger partial charge on any atom is 0.251 e. The smallest absolute Gasteiger partial charge is 0.251 e. The highest BCUT2D eigenvalue weighted by Gasteiger charge is 2.24. The van der Waals surface area contributed by atoms with Crippen LogP contribution in [-0.2, 0) is 9.84 Å². The molecule has 0 aliphatic heterocycles. The van der Waals surface area contributed by atoms with Gasteiger partial charge >= 0.3 is 0 Å². The van der Waals surface area contributed by atoms with Crippen LogP contribution in [0.5, 0.6) is 0 Å². The van der Waals surface area contributed by atoms with Crippen molar-refractivity contribution in [3.8, 4) is 22.5 Å². The van der Waals surface area contributed by atoms with E-state index in [2.05, 4.69) is 20.3 Å². The molecule has 8 nitrogen and oxygen atoms in total. The minimum atomic E-state index is -3.62. The first-order valence-electron chi connectivity index (χ1n) is 9.80. The number of nitrogens with zero attached hydrogens (tertiary/aromatic N) is 4. The molecule has 1 fully saturated rings. The number of amides is 1. The molecule has 5 rings (SSSR count). The van der Waals surface area contributed by atoms with Crippen LogP contribution in [0, 0.1) is 0 Å². The van der Waals surface area contributed by atoms with E-state index in [1.54, 1.807) is 53.5 Å². The quantitative estimate of drug-likeness (QED) is 0.519. The average Bonchev–Trinajstić information content (AvgIpc) is 3.48. The summed E-state index contributed by atoms with van der Waals surface area (Å²) in [6, 6.07) is 11.0. The first-order valence-corrected chi connectivity index (χ1v) is 11.7. The van der Waals surface area contributed by atoms with Gasteiger partial charge in [-0.25, -0.2) is 18.4 Å². The Labute approximate surface area is 178 Å². The molecule has 9 heteroatoms. The van der Waals surface area contributed by atoms with Crippen molar-refractivity contribution in [2.75, 3.05) is 6.26 Å². The largest absolute Gasteiger partial charge is 0.349 e. The van der Waals surface area contributed by atoms with E-state index in [1.807, 2.05) is 12.1 Å². The van der Waals surface area contributed by atoms with Crippen molar-refractivity contribution in [1.29, 1.82) is 0 Å². The first-order chi connectivity index (χ1) is 14.9. The lowest BCUT2D eigenvalue weighted by Crippen LogP contribution is -2.25. The number of imidazole rings is 1. The summed E-state index contributed by atoms with van der Waals surface area (Å²) in [5, 5.41) is 2.88. The molecular formula is C22H19N5O3S. The van der Waals surface area contributed by atoms with Gasteiger partial charge in [-0.1, -0.05) is 12.1 Å². The van der Waals surface area contributed by atoms with E-state index in [9.17, 15) is 13.2 Å². The molecule has 1 aliphatic rings. The van der Waals surface area contributed by atoms with Crippen LogP contribution in [-0.4, -0.2) is 46.0 Å². The summed E-state index contributed by atoms with van der Waals surface area (Å²) in [5.41, 5.74) is 3.59. The molecule has 0 bridgehead atoms. The third-order valence-electron chi connectivity index (χ3n) is 5.14. The third-order valence-corrected chi connectivity index (χ3v) is 6.12. The van der Waals surface area contributed by atoms with Gasteiger partial charge in [0.1, 0.15) is 0 Å². The predicted octanol–water partition coefficient (Wildman–Crippen LogP) is 2.75. The molecule has 0 spiro atoms. The number of fused-ring (bicyclic) bond motifs is 1. The summed E-state index contributed by atoms with van der Waals surface area (Å²) in [5.74, 6) is -0.0873. The van der Waals surface area contributed by atoms with Crippen molar-refractivity contribution in [2.24, 2.45) is 0 Å². The second-order valence-electron chi connectivity index (χ2n) is 7.60. The molecule has 3 heterocycles. The number of benzene rings is 1. The molecule has 1 aromatic carbocycles. The topological polar surface area (TPSA) is 106 Å². The van der Waals surface area contributed by atoms with E-state index >= 15 is 0 Å². The Morgan fingerprint density at radius 2 is 1.77 bits per heavy atom. The first kappa shape index (κ1) is 19.4. The van der Waals surface area contributed by atoms with Crippen molar-refractivity contribution in [3.63, 3.8) is 0 Å². The molecule has 3 aromatic heterocycles. The molecule has 31 heavy (non-hydrogen) atoms. The molecule has 4 aromatic rings. The van der Waals surface area contributed by atoms with Crippen LogP contribution >= 0.6 is 0 Å². The van der Waals surface area contributed by atoms with Crippen LogP contribution in [0.2, 0.25) is 0 Å². The highest BCUT2D eigenvalue weighted by atomic mass is 32.2. The fourth-order valence-electron chi connectivity index (χ4n) is 3.37. The van der Waals surface area contributed by atoms with Gasteiger partial charge < -0.3 is 5.32 Å².